The summed E-state index contributed by atoms with van der Waals surface area (Å²) in [5.41, 5.74) is 3.21. The summed E-state index contributed by atoms with van der Waals surface area (Å²) in [4.78, 5) is 29.2. The van der Waals surface area contributed by atoms with Crippen molar-refractivity contribution < 1.29 is 4.79 Å². The maximum Gasteiger partial charge on any atom is 0.326 e. The molecular formula is C16H18N8O2. The highest BCUT2D eigenvalue weighted by Gasteiger charge is 2.32. The van der Waals surface area contributed by atoms with Gasteiger partial charge in [-0.15, -0.1) is 0 Å². The van der Waals surface area contributed by atoms with Crippen molar-refractivity contribution >= 4 is 28.6 Å². The summed E-state index contributed by atoms with van der Waals surface area (Å²) < 4.78 is 3.11. The molecule has 134 valence electrons. The van der Waals surface area contributed by atoms with Crippen LogP contribution in [0.5, 0.6) is 0 Å². The van der Waals surface area contributed by atoms with Crippen molar-refractivity contribution in [2.75, 3.05) is 17.3 Å². The van der Waals surface area contributed by atoms with Gasteiger partial charge in [-0.1, -0.05) is 5.10 Å². The molecule has 0 aliphatic carbocycles. The minimum atomic E-state index is -0.295. The van der Waals surface area contributed by atoms with Gasteiger partial charge in [0.05, 0.1) is 22.6 Å². The van der Waals surface area contributed by atoms with Crippen molar-refractivity contribution in [1.29, 1.82) is 0 Å². The Morgan fingerprint density at radius 3 is 2.85 bits per heavy atom. The van der Waals surface area contributed by atoms with Crippen LogP contribution in [0, 0.1) is 0 Å². The largest absolute Gasteiger partial charge is 0.326 e. The number of fused-ring (bicyclic) bond motifs is 2. The number of rotatable bonds is 2. The third-order valence-corrected chi connectivity index (χ3v) is 4.86. The van der Waals surface area contributed by atoms with E-state index >= 15 is 0 Å². The number of tetrazole rings is 1. The highest BCUT2D eigenvalue weighted by atomic mass is 16.2. The van der Waals surface area contributed by atoms with Gasteiger partial charge in [0, 0.05) is 25.5 Å². The summed E-state index contributed by atoms with van der Waals surface area (Å²) in [6.45, 7) is 3.74. The van der Waals surface area contributed by atoms with Crippen LogP contribution < -0.4 is 15.9 Å². The summed E-state index contributed by atoms with van der Waals surface area (Å²) in [6.07, 6.45) is 0. The van der Waals surface area contributed by atoms with E-state index in [-0.39, 0.29) is 17.6 Å². The number of aromatic amines is 1. The van der Waals surface area contributed by atoms with Crippen molar-refractivity contribution in [3.05, 3.63) is 40.0 Å². The van der Waals surface area contributed by atoms with E-state index in [1.54, 1.807) is 34.8 Å². The molecule has 0 saturated carbocycles. The van der Waals surface area contributed by atoms with Crippen LogP contribution in [-0.2, 0) is 11.8 Å². The lowest BCUT2D eigenvalue weighted by Crippen LogP contribution is -2.34. The number of amides is 1. The fraction of sp³-hybridized carbons (Fsp3) is 0.312. The molecule has 2 N–H and O–H groups in total. The monoisotopic (exact) mass is 354 g/mol. The van der Waals surface area contributed by atoms with Crippen molar-refractivity contribution in [3.63, 3.8) is 0 Å². The number of aromatic nitrogens is 6. The number of imidazole rings is 1. The Kier molecular flexibility index (Phi) is 3.43. The number of carbonyl (C=O) groups excluding carboxylic acids is 1. The van der Waals surface area contributed by atoms with E-state index in [2.05, 4.69) is 25.8 Å². The number of nitrogens with one attached hydrogen (secondary N) is 2. The topological polar surface area (TPSA) is 114 Å². The SMILES string of the molecule is CC1=C(C(=O)Nc2ccc3[nH]c(=O)n(C)c3c2)[C@@H](C)n2nnnc2N1C. The molecule has 3 aromatic rings. The summed E-state index contributed by atoms with van der Waals surface area (Å²) in [7, 11) is 3.50. The molecule has 0 spiro atoms. The Morgan fingerprint density at radius 1 is 1.31 bits per heavy atom. The zero-order chi connectivity index (χ0) is 18.6. The van der Waals surface area contributed by atoms with Gasteiger partial charge in [-0.2, -0.15) is 0 Å². The Bertz CT molecular complexity index is 1120. The zero-order valence-electron chi connectivity index (χ0n) is 14.8. The van der Waals surface area contributed by atoms with Gasteiger partial charge < -0.3 is 15.2 Å². The Morgan fingerprint density at radius 2 is 2.08 bits per heavy atom. The second kappa shape index (κ2) is 5.55. The third-order valence-electron chi connectivity index (χ3n) is 4.86. The van der Waals surface area contributed by atoms with Crippen molar-refractivity contribution in [3.8, 4) is 0 Å². The van der Waals surface area contributed by atoms with Gasteiger partial charge in [-0.3, -0.25) is 9.36 Å². The summed E-state index contributed by atoms with van der Waals surface area (Å²) in [6, 6.07) is 4.99. The molecule has 2 aromatic heterocycles. The summed E-state index contributed by atoms with van der Waals surface area (Å²) in [5, 5.41) is 14.6. The fourth-order valence-corrected chi connectivity index (χ4v) is 3.27. The molecule has 4 rings (SSSR count). The van der Waals surface area contributed by atoms with Gasteiger partial charge in [-0.25, -0.2) is 9.48 Å². The lowest BCUT2D eigenvalue weighted by atomic mass is 10.0. The number of nitrogens with zero attached hydrogens (tertiary/aromatic N) is 6. The molecule has 0 unspecified atom stereocenters. The van der Waals surface area contributed by atoms with E-state index in [4.69, 9.17) is 0 Å². The first kappa shape index (κ1) is 16.1. The lowest BCUT2D eigenvalue weighted by Gasteiger charge is -2.30. The van der Waals surface area contributed by atoms with Crippen LogP contribution in [0.1, 0.15) is 19.9 Å². The molecule has 0 bridgehead atoms. The Labute approximate surface area is 148 Å². The van der Waals surface area contributed by atoms with Crippen molar-refractivity contribution in [1.82, 2.24) is 29.8 Å². The molecular weight excluding hydrogens is 336 g/mol. The van der Waals surface area contributed by atoms with Crippen molar-refractivity contribution in [2.45, 2.75) is 19.9 Å². The molecule has 3 heterocycles. The first-order valence-electron chi connectivity index (χ1n) is 8.11. The van der Waals surface area contributed by atoms with Crippen LogP contribution in [0.3, 0.4) is 0 Å². The average molecular weight is 354 g/mol. The number of aryl methyl sites for hydroxylation is 1. The highest BCUT2D eigenvalue weighted by Crippen LogP contribution is 2.32. The van der Waals surface area contributed by atoms with Crippen LogP contribution >= 0.6 is 0 Å². The van der Waals surface area contributed by atoms with E-state index in [9.17, 15) is 9.59 Å². The van der Waals surface area contributed by atoms with Crippen molar-refractivity contribution in [2.24, 2.45) is 7.05 Å². The molecule has 1 amide bonds. The minimum absolute atomic E-state index is 0.198. The lowest BCUT2D eigenvalue weighted by molar-refractivity contribution is -0.113. The third kappa shape index (κ3) is 2.22. The molecule has 1 aliphatic heterocycles. The summed E-state index contributed by atoms with van der Waals surface area (Å²) >= 11 is 0. The van der Waals surface area contributed by atoms with Crippen LogP contribution in [-0.4, -0.2) is 42.7 Å². The number of H-pyrrole nitrogens is 1. The second-order valence-electron chi connectivity index (χ2n) is 6.33. The van der Waals surface area contributed by atoms with E-state index < -0.39 is 0 Å². The van der Waals surface area contributed by atoms with Gasteiger partial charge in [0.25, 0.3) is 5.91 Å². The predicted octanol–water partition coefficient (Wildman–Crippen LogP) is 0.777. The second-order valence-corrected chi connectivity index (χ2v) is 6.33. The van der Waals surface area contributed by atoms with Gasteiger partial charge in [0.15, 0.2) is 0 Å². The summed E-state index contributed by atoms with van der Waals surface area (Å²) in [5.74, 6) is 0.359. The molecule has 1 aliphatic rings. The molecule has 26 heavy (non-hydrogen) atoms. The fourth-order valence-electron chi connectivity index (χ4n) is 3.27. The van der Waals surface area contributed by atoms with E-state index in [1.807, 2.05) is 20.9 Å². The van der Waals surface area contributed by atoms with Gasteiger partial charge in [0.1, 0.15) is 0 Å². The average Bonchev–Trinajstić information content (AvgIpc) is 3.20. The number of hydrogen-bond acceptors (Lipinski definition) is 6. The predicted molar refractivity (Wildman–Crippen MR) is 95.8 cm³/mol. The van der Waals surface area contributed by atoms with Gasteiger partial charge >= 0.3 is 5.69 Å². The molecule has 1 atom stereocenters. The van der Waals surface area contributed by atoms with Crippen LogP contribution in [0.15, 0.2) is 34.3 Å². The molecule has 10 nitrogen and oxygen atoms in total. The zero-order valence-corrected chi connectivity index (χ0v) is 14.8. The van der Waals surface area contributed by atoms with Gasteiger partial charge in [-0.05, 0) is 42.5 Å². The number of benzene rings is 1. The maximum absolute atomic E-state index is 12.9. The number of allylic oxidation sites excluding steroid dienone is 1. The van der Waals surface area contributed by atoms with E-state index in [1.165, 1.54) is 4.57 Å². The minimum Gasteiger partial charge on any atom is -0.322 e. The normalized spacial score (nSPS) is 16.9. The first-order chi connectivity index (χ1) is 12.4. The maximum atomic E-state index is 12.9. The smallest absolute Gasteiger partial charge is 0.322 e. The van der Waals surface area contributed by atoms with Crippen LogP contribution in [0.25, 0.3) is 11.0 Å². The number of carbonyl (C=O) groups is 1. The van der Waals surface area contributed by atoms with E-state index in [0.717, 1.165) is 16.7 Å². The van der Waals surface area contributed by atoms with Crippen LogP contribution in [0.4, 0.5) is 11.6 Å². The first-order valence-corrected chi connectivity index (χ1v) is 8.11. The van der Waals surface area contributed by atoms with Crippen LogP contribution in [0.2, 0.25) is 0 Å². The molecule has 1 aromatic carbocycles. The standard InChI is InChI=1S/C16H18N8O2/c1-8-13(9(2)24-15(22(8)3)19-20-21-24)14(25)17-10-5-6-11-12(7-10)23(4)16(26)18-11/h5-7,9H,1-4H3,(H,17,25)(H,18,26)/t9-/m1/s1. The molecule has 10 heteroatoms. The molecule has 0 radical (unpaired) electrons. The Hall–Kier alpha value is -3.43. The highest BCUT2D eigenvalue weighted by molar-refractivity contribution is 6.06. The molecule has 0 fully saturated rings. The number of hydrogen-bond donors (Lipinski definition) is 2. The number of anilines is 2. The van der Waals surface area contributed by atoms with E-state index in [0.29, 0.717) is 17.2 Å². The van der Waals surface area contributed by atoms with Gasteiger partial charge in [0.2, 0.25) is 5.95 Å². The quantitative estimate of drug-likeness (QED) is 0.703. The Balaban J connectivity index is 1.69. The molecule has 0 saturated heterocycles.